The molecule has 18 heavy (non-hydrogen) atoms. The van der Waals surface area contributed by atoms with E-state index < -0.39 is 5.97 Å². The van der Waals surface area contributed by atoms with Gasteiger partial charge in [-0.15, -0.1) is 0 Å². The van der Waals surface area contributed by atoms with E-state index in [1.54, 1.807) is 31.5 Å². The molecule has 0 saturated heterocycles. The molecule has 1 aromatic rings. The molecule has 1 unspecified atom stereocenters. The van der Waals surface area contributed by atoms with Gasteiger partial charge in [-0.1, -0.05) is 0 Å². The normalized spacial score (nSPS) is 19.4. The smallest absolute Gasteiger partial charge is 0.336 e. The summed E-state index contributed by atoms with van der Waals surface area (Å²) in [6, 6.07) is 3.61. The van der Waals surface area contributed by atoms with Crippen LogP contribution in [0.3, 0.4) is 0 Å². The maximum atomic E-state index is 11.8. The average molecular weight is 246 g/mol. The van der Waals surface area contributed by atoms with Gasteiger partial charge in [0.25, 0.3) is 0 Å². The summed E-state index contributed by atoms with van der Waals surface area (Å²) < 4.78 is 4.78. The Morgan fingerprint density at radius 1 is 1.44 bits per heavy atom. The highest BCUT2D eigenvalue weighted by molar-refractivity contribution is 5.95. The van der Waals surface area contributed by atoms with Crippen LogP contribution in [0.1, 0.15) is 24.8 Å². The molecular weight excluding hydrogens is 232 g/mol. The maximum Gasteiger partial charge on any atom is 0.336 e. The fourth-order valence-corrected chi connectivity index (χ4v) is 2.16. The minimum absolute atomic E-state index is 0.0954. The summed E-state index contributed by atoms with van der Waals surface area (Å²) >= 11 is 0. The second-order valence-corrected chi connectivity index (χ2v) is 4.12. The molecule has 5 heteroatoms. The molecule has 1 atom stereocenters. The molecule has 2 rings (SSSR count). The quantitative estimate of drug-likeness (QED) is 0.794. The lowest BCUT2D eigenvalue weighted by molar-refractivity contribution is -0.136. The van der Waals surface area contributed by atoms with Crippen molar-refractivity contribution in [1.82, 2.24) is 10.3 Å². The number of hydrogen-bond donors (Lipinski definition) is 1. The number of ether oxygens (including phenoxy) is 1. The second kappa shape index (κ2) is 5.00. The third kappa shape index (κ3) is 2.25. The van der Waals surface area contributed by atoms with Crippen LogP contribution in [0, 0.1) is 0 Å². The molecule has 1 aromatic heterocycles. The Bertz CT molecular complexity index is 508. The second-order valence-electron chi connectivity index (χ2n) is 4.12. The molecule has 0 fully saturated rings. The zero-order chi connectivity index (χ0) is 13.1. The number of hydrogen-bond acceptors (Lipinski definition) is 4. The van der Waals surface area contributed by atoms with Crippen molar-refractivity contribution in [3.63, 3.8) is 0 Å². The standard InChI is InChI=1S/C13H14N2O3/c1-8-12(13(17)18-2)10(7-11(16)15-8)9-3-5-14-6-4-9/h3-6,10H,7H2,1-2H3,(H,15,16). The summed E-state index contributed by atoms with van der Waals surface area (Å²) in [4.78, 5) is 27.4. The van der Waals surface area contributed by atoms with Crippen LogP contribution >= 0.6 is 0 Å². The van der Waals surface area contributed by atoms with Gasteiger partial charge in [-0.05, 0) is 24.6 Å². The van der Waals surface area contributed by atoms with E-state index >= 15 is 0 Å². The Balaban J connectivity index is 2.46. The Hall–Kier alpha value is -2.17. The van der Waals surface area contributed by atoms with E-state index in [-0.39, 0.29) is 18.2 Å². The van der Waals surface area contributed by atoms with Gasteiger partial charge in [0.1, 0.15) is 0 Å². The van der Waals surface area contributed by atoms with Crippen molar-refractivity contribution in [2.45, 2.75) is 19.3 Å². The SMILES string of the molecule is COC(=O)C1=C(C)NC(=O)CC1c1ccncc1. The van der Waals surface area contributed by atoms with Crippen molar-refractivity contribution in [3.05, 3.63) is 41.4 Å². The summed E-state index contributed by atoms with van der Waals surface area (Å²) in [5.41, 5.74) is 1.95. The van der Waals surface area contributed by atoms with Gasteiger partial charge in [0, 0.05) is 30.4 Å². The zero-order valence-corrected chi connectivity index (χ0v) is 10.3. The number of methoxy groups -OCH3 is 1. The molecule has 2 heterocycles. The number of nitrogens with zero attached hydrogens (tertiary/aromatic N) is 1. The minimum Gasteiger partial charge on any atom is -0.466 e. The first-order chi connectivity index (χ1) is 8.63. The monoisotopic (exact) mass is 246 g/mol. The molecule has 0 spiro atoms. The predicted molar refractivity (Wildman–Crippen MR) is 64.5 cm³/mol. The number of carbonyl (C=O) groups excluding carboxylic acids is 2. The molecule has 0 aliphatic carbocycles. The van der Waals surface area contributed by atoms with Crippen LogP contribution < -0.4 is 5.32 Å². The molecule has 5 nitrogen and oxygen atoms in total. The van der Waals surface area contributed by atoms with Crippen molar-refractivity contribution in [1.29, 1.82) is 0 Å². The summed E-state index contributed by atoms with van der Waals surface area (Å²) in [5.74, 6) is -0.773. The molecule has 1 aliphatic heterocycles. The lowest BCUT2D eigenvalue weighted by Crippen LogP contribution is -2.34. The molecule has 94 valence electrons. The zero-order valence-electron chi connectivity index (χ0n) is 10.3. The van der Waals surface area contributed by atoms with Crippen molar-refractivity contribution in [3.8, 4) is 0 Å². The molecular formula is C13H14N2O3. The first-order valence-electron chi connectivity index (χ1n) is 5.62. The topological polar surface area (TPSA) is 68.3 Å². The Labute approximate surface area is 105 Å². The van der Waals surface area contributed by atoms with Gasteiger partial charge in [-0.3, -0.25) is 9.78 Å². The third-order valence-electron chi connectivity index (χ3n) is 2.98. The fourth-order valence-electron chi connectivity index (χ4n) is 2.16. The van der Waals surface area contributed by atoms with Gasteiger partial charge in [0.15, 0.2) is 0 Å². The van der Waals surface area contributed by atoms with Crippen LogP contribution in [0.15, 0.2) is 35.8 Å². The van der Waals surface area contributed by atoms with Gasteiger partial charge in [-0.25, -0.2) is 4.79 Å². The molecule has 0 radical (unpaired) electrons. The number of nitrogens with one attached hydrogen (secondary N) is 1. The van der Waals surface area contributed by atoms with E-state index in [1.165, 1.54) is 7.11 Å². The van der Waals surface area contributed by atoms with Gasteiger partial charge in [-0.2, -0.15) is 0 Å². The number of allylic oxidation sites excluding steroid dienone is 1. The maximum absolute atomic E-state index is 11.8. The molecule has 1 N–H and O–H groups in total. The van der Waals surface area contributed by atoms with Crippen LogP contribution in [0.4, 0.5) is 0 Å². The summed E-state index contributed by atoms with van der Waals surface area (Å²) in [7, 11) is 1.34. The van der Waals surface area contributed by atoms with Gasteiger partial charge in [0.05, 0.1) is 12.7 Å². The number of carbonyl (C=O) groups is 2. The highest BCUT2D eigenvalue weighted by atomic mass is 16.5. The number of amides is 1. The van der Waals surface area contributed by atoms with Gasteiger partial charge >= 0.3 is 5.97 Å². The Kier molecular flexibility index (Phi) is 3.41. The number of esters is 1. The Morgan fingerprint density at radius 2 is 2.11 bits per heavy atom. The van der Waals surface area contributed by atoms with Crippen LogP contribution in [-0.4, -0.2) is 24.0 Å². The lowest BCUT2D eigenvalue weighted by atomic mass is 9.85. The van der Waals surface area contributed by atoms with Crippen LogP contribution in [0.2, 0.25) is 0 Å². The van der Waals surface area contributed by atoms with E-state index in [0.29, 0.717) is 11.3 Å². The molecule has 0 bridgehead atoms. The average Bonchev–Trinajstić information content (AvgIpc) is 2.38. The first kappa shape index (κ1) is 12.3. The lowest BCUT2D eigenvalue weighted by Gasteiger charge is -2.26. The number of pyridine rings is 1. The summed E-state index contributed by atoms with van der Waals surface area (Å²) in [5, 5.41) is 2.67. The highest BCUT2D eigenvalue weighted by Gasteiger charge is 2.32. The molecule has 0 aromatic carbocycles. The third-order valence-corrected chi connectivity index (χ3v) is 2.98. The van der Waals surface area contributed by atoms with E-state index in [4.69, 9.17) is 4.74 Å². The molecule has 1 aliphatic rings. The summed E-state index contributed by atoms with van der Waals surface area (Å²) in [6.07, 6.45) is 3.53. The number of aromatic nitrogens is 1. The Morgan fingerprint density at radius 3 is 2.72 bits per heavy atom. The molecule has 0 saturated carbocycles. The van der Waals surface area contributed by atoms with Gasteiger partial charge < -0.3 is 10.1 Å². The van der Waals surface area contributed by atoms with Crippen LogP contribution in [0.25, 0.3) is 0 Å². The van der Waals surface area contributed by atoms with Crippen LogP contribution in [0.5, 0.6) is 0 Å². The van der Waals surface area contributed by atoms with Crippen molar-refractivity contribution in [2.24, 2.45) is 0 Å². The van der Waals surface area contributed by atoms with Crippen molar-refractivity contribution < 1.29 is 14.3 Å². The number of rotatable bonds is 2. The van der Waals surface area contributed by atoms with Crippen molar-refractivity contribution >= 4 is 11.9 Å². The predicted octanol–water partition coefficient (Wildman–Crippen LogP) is 1.13. The van der Waals surface area contributed by atoms with Gasteiger partial charge in [0.2, 0.25) is 5.91 Å². The largest absolute Gasteiger partial charge is 0.466 e. The van der Waals surface area contributed by atoms with E-state index in [9.17, 15) is 9.59 Å². The van der Waals surface area contributed by atoms with E-state index in [2.05, 4.69) is 10.3 Å². The van der Waals surface area contributed by atoms with E-state index in [0.717, 1.165) is 5.56 Å². The fraction of sp³-hybridized carbons (Fsp3) is 0.308. The first-order valence-corrected chi connectivity index (χ1v) is 5.62. The molecule has 1 amide bonds. The van der Waals surface area contributed by atoms with Crippen LogP contribution in [-0.2, 0) is 14.3 Å². The van der Waals surface area contributed by atoms with E-state index in [1.807, 2.05) is 0 Å². The highest BCUT2D eigenvalue weighted by Crippen LogP contribution is 2.32. The van der Waals surface area contributed by atoms with Crippen molar-refractivity contribution in [2.75, 3.05) is 7.11 Å². The summed E-state index contributed by atoms with van der Waals surface area (Å²) in [6.45, 7) is 1.71. The minimum atomic E-state index is -0.408.